The van der Waals surface area contributed by atoms with Crippen LogP contribution in [-0.4, -0.2) is 22.9 Å². The van der Waals surface area contributed by atoms with Crippen LogP contribution in [-0.2, 0) is 11.2 Å². The summed E-state index contributed by atoms with van der Waals surface area (Å²) in [6.45, 7) is 3.70. The van der Waals surface area contributed by atoms with E-state index in [1.165, 1.54) is 23.5 Å². The van der Waals surface area contributed by atoms with Crippen LogP contribution >= 0.6 is 11.3 Å². The lowest BCUT2D eigenvalue weighted by Gasteiger charge is -2.07. The van der Waals surface area contributed by atoms with E-state index < -0.39 is 5.97 Å². The number of aromatic carboxylic acids is 1. The van der Waals surface area contributed by atoms with Crippen LogP contribution in [0.3, 0.4) is 0 Å². The highest BCUT2D eigenvalue weighted by molar-refractivity contribution is 7.16. The third-order valence-corrected chi connectivity index (χ3v) is 4.51. The van der Waals surface area contributed by atoms with Crippen molar-refractivity contribution in [1.29, 1.82) is 0 Å². The maximum atomic E-state index is 12.5. The van der Waals surface area contributed by atoms with Crippen LogP contribution in [0.5, 0.6) is 0 Å². The monoisotopic (exact) mass is 346 g/mol. The van der Waals surface area contributed by atoms with Gasteiger partial charge in [0.25, 0.3) is 5.91 Å². The van der Waals surface area contributed by atoms with Crippen LogP contribution in [0.4, 0.5) is 10.7 Å². The number of carboxylic acid groups (broad SMARTS) is 1. The fourth-order valence-electron chi connectivity index (χ4n) is 2.02. The number of anilines is 2. The van der Waals surface area contributed by atoms with Gasteiger partial charge in [0.05, 0.1) is 11.1 Å². The summed E-state index contributed by atoms with van der Waals surface area (Å²) < 4.78 is 0. The molecule has 0 aliphatic heterocycles. The molecule has 1 heterocycles. The average Bonchev–Trinajstić information content (AvgIpc) is 2.98. The van der Waals surface area contributed by atoms with E-state index in [4.69, 9.17) is 5.11 Å². The normalized spacial score (nSPS) is 10.2. The number of hydrogen-bond donors (Lipinski definition) is 3. The van der Waals surface area contributed by atoms with E-state index in [0.29, 0.717) is 22.7 Å². The van der Waals surface area contributed by atoms with Gasteiger partial charge in [-0.15, -0.1) is 11.3 Å². The number of carbonyl (C=O) groups is 3. The first-order valence-electron chi connectivity index (χ1n) is 7.51. The van der Waals surface area contributed by atoms with Crippen LogP contribution in [0.25, 0.3) is 0 Å². The first-order valence-corrected chi connectivity index (χ1v) is 8.33. The summed E-state index contributed by atoms with van der Waals surface area (Å²) in [6, 6.07) is 7.75. The Kier molecular flexibility index (Phi) is 5.70. The molecule has 126 valence electrons. The highest BCUT2D eigenvalue weighted by Crippen LogP contribution is 2.29. The molecule has 0 fully saturated rings. The van der Waals surface area contributed by atoms with E-state index >= 15 is 0 Å². The summed E-state index contributed by atoms with van der Waals surface area (Å²) in [4.78, 5) is 36.1. The third kappa shape index (κ3) is 4.20. The molecule has 2 amide bonds. The van der Waals surface area contributed by atoms with Gasteiger partial charge in [0.1, 0.15) is 5.00 Å². The van der Waals surface area contributed by atoms with Gasteiger partial charge >= 0.3 is 5.97 Å². The average molecular weight is 346 g/mol. The molecule has 2 aromatic rings. The topological polar surface area (TPSA) is 95.5 Å². The molecule has 7 heteroatoms. The Morgan fingerprint density at radius 2 is 1.88 bits per heavy atom. The fourth-order valence-corrected chi connectivity index (χ4v) is 3.03. The Morgan fingerprint density at radius 3 is 2.50 bits per heavy atom. The smallest absolute Gasteiger partial charge is 0.335 e. The number of aryl methyl sites for hydroxylation is 1. The second-order valence-electron chi connectivity index (χ2n) is 5.05. The third-order valence-electron chi connectivity index (χ3n) is 3.32. The molecule has 0 bridgehead atoms. The van der Waals surface area contributed by atoms with Gasteiger partial charge in [-0.25, -0.2) is 4.79 Å². The first-order chi connectivity index (χ1) is 11.4. The van der Waals surface area contributed by atoms with E-state index in [2.05, 4.69) is 10.6 Å². The molecular weight excluding hydrogens is 328 g/mol. The summed E-state index contributed by atoms with van der Waals surface area (Å²) in [6.07, 6.45) is 1.07. The molecular formula is C17H18N2O4S. The van der Waals surface area contributed by atoms with E-state index in [1.54, 1.807) is 25.1 Å². The van der Waals surface area contributed by atoms with E-state index in [0.717, 1.165) is 11.3 Å². The van der Waals surface area contributed by atoms with Gasteiger partial charge in [-0.3, -0.25) is 9.59 Å². The molecule has 3 N–H and O–H groups in total. The zero-order valence-corrected chi connectivity index (χ0v) is 14.2. The number of benzene rings is 1. The number of rotatable bonds is 6. The summed E-state index contributed by atoms with van der Waals surface area (Å²) in [5.41, 5.74) is 0.850. The molecule has 0 atom stereocenters. The van der Waals surface area contributed by atoms with Crippen molar-refractivity contribution in [3.63, 3.8) is 0 Å². The van der Waals surface area contributed by atoms with Gasteiger partial charge in [0, 0.05) is 17.0 Å². The lowest BCUT2D eigenvalue weighted by atomic mass is 10.2. The van der Waals surface area contributed by atoms with Crippen molar-refractivity contribution in [3.8, 4) is 0 Å². The molecule has 1 aromatic heterocycles. The first kappa shape index (κ1) is 17.7. The van der Waals surface area contributed by atoms with Crippen LogP contribution in [0, 0.1) is 0 Å². The van der Waals surface area contributed by atoms with Crippen LogP contribution in [0.2, 0.25) is 0 Å². The molecule has 1 aromatic carbocycles. The van der Waals surface area contributed by atoms with Crippen molar-refractivity contribution in [3.05, 3.63) is 46.3 Å². The van der Waals surface area contributed by atoms with Gasteiger partial charge < -0.3 is 15.7 Å². The molecule has 0 spiro atoms. The minimum absolute atomic E-state index is 0.0897. The zero-order valence-electron chi connectivity index (χ0n) is 13.4. The minimum Gasteiger partial charge on any atom is -0.478 e. The molecule has 0 aliphatic rings. The van der Waals surface area contributed by atoms with Crippen molar-refractivity contribution >= 4 is 39.8 Å². The standard InChI is InChI=1S/C17H18N2O4S/c1-3-12-9-13(16(24-12)19-14(20)4-2)15(21)18-11-7-5-6-10(8-11)17(22)23/h5-9H,3-4H2,1-2H3,(H,18,21)(H,19,20)(H,22,23). The van der Waals surface area contributed by atoms with Crippen molar-refractivity contribution < 1.29 is 19.5 Å². The van der Waals surface area contributed by atoms with Gasteiger partial charge in [-0.2, -0.15) is 0 Å². The number of hydrogen-bond acceptors (Lipinski definition) is 4. The van der Waals surface area contributed by atoms with Gasteiger partial charge in [0.2, 0.25) is 5.91 Å². The highest BCUT2D eigenvalue weighted by Gasteiger charge is 2.17. The molecule has 24 heavy (non-hydrogen) atoms. The Balaban J connectivity index is 2.25. The van der Waals surface area contributed by atoms with Gasteiger partial charge in [-0.1, -0.05) is 19.9 Å². The molecule has 0 saturated heterocycles. The maximum absolute atomic E-state index is 12.5. The predicted octanol–water partition coefficient (Wildman–Crippen LogP) is 3.61. The largest absolute Gasteiger partial charge is 0.478 e. The maximum Gasteiger partial charge on any atom is 0.335 e. The Labute approximate surface area is 143 Å². The molecule has 0 saturated carbocycles. The Morgan fingerprint density at radius 1 is 1.12 bits per heavy atom. The van der Waals surface area contributed by atoms with Crippen LogP contribution in [0.1, 0.15) is 45.9 Å². The fraction of sp³-hybridized carbons (Fsp3) is 0.235. The van der Waals surface area contributed by atoms with Crippen molar-refractivity contribution in [2.24, 2.45) is 0 Å². The van der Waals surface area contributed by atoms with Gasteiger partial charge in [0.15, 0.2) is 0 Å². The van der Waals surface area contributed by atoms with E-state index in [1.807, 2.05) is 6.92 Å². The van der Waals surface area contributed by atoms with Gasteiger partial charge in [-0.05, 0) is 30.7 Å². The van der Waals surface area contributed by atoms with Crippen molar-refractivity contribution in [2.45, 2.75) is 26.7 Å². The number of carbonyl (C=O) groups excluding carboxylic acids is 2. The lowest BCUT2D eigenvalue weighted by Crippen LogP contribution is -2.16. The summed E-state index contributed by atoms with van der Waals surface area (Å²) >= 11 is 1.36. The minimum atomic E-state index is -1.06. The number of amides is 2. The molecule has 0 radical (unpaired) electrons. The Hall–Kier alpha value is -2.67. The summed E-state index contributed by atoms with van der Waals surface area (Å²) in [7, 11) is 0. The number of carboxylic acids is 1. The number of thiophene rings is 1. The highest BCUT2D eigenvalue weighted by atomic mass is 32.1. The zero-order chi connectivity index (χ0) is 17.7. The summed E-state index contributed by atoms with van der Waals surface area (Å²) in [5, 5.41) is 14.9. The SMILES string of the molecule is CCC(=O)Nc1sc(CC)cc1C(=O)Nc1cccc(C(=O)O)c1. The quantitative estimate of drug-likeness (QED) is 0.744. The summed E-state index contributed by atoms with van der Waals surface area (Å²) in [5.74, 6) is -1.62. The van der Waals surface area contributed by atoms with Crippen LogP contribution in [0.15, 0.2) is 30.3 Å². The molecule has 0 aliphatic carbocycles. The molecule has 6 nitrogen and oxygen atoms in total. The second kappa shape index (κ2) is 7.74. The Bertz CT molecular complexity index is 783. The van der Waals surface area contributed by atoms with Crippen LogP contribution < -0.4 is 10.6 Å². The van der Waals surface area contributed by atoms with Crippen molar-refractivity contribution in [2.75, 3.05) is 10.6 Å². The van der Waals surface area contributed by atoms with E-state index in [9.17, 15) is 14.4 Å². The number of nitrogens with one attached hydrogen (secondary N) is 2. The van der Waals surface area contributed by atoms with E-state index in [-0.39, 0.29) is 17.4 Å². The molecule has 2 rings (SSSR count). The predicted molar refractivity (Wildman–Crippen MR) is 94.0 cm³/mol. The lowest BCUT2D eigenvalue weighted by molar-refractivity contribution is -0.115. The second-order valence-corrected chi connectivity index (χ2v) is 6.19. The molecule has 0 unspecified atom stereocenters. The van der Waals surface area contributed by atoms with Crippen molar-refractivity contribution in [1.82, 2.24) is 0 Å².